The van der Waals surface area contributed by atoms with E-state index in [0.717, 1.165) is 28.9 Å². The maximum atomic E-state index is 5.81. The van der Waals surface area contributed by atoms with E-state index in [9.17, 15) is 0 Å². The summed E-state index contributed by atoms with van der Waals surface area (Å²) in [5.41, 5.74) is 9.22. The molecule has 1 aliphatic heterocycles. The maximum Gasteiger partial charge on any atom is 0.124 e. The van der Waals surface area contributed by atoms with Gasteiger partial charge in [-0.3, -0.25) is 0 Å². The summed E-state index contributed by atoms with van der Waals surface area (Å²) in [5, 5.41) is 0. The summed E-state index contributed by atoms with van der Waals surface area (Å²) < 4.78 is 6.89. The molecule has 1 aliphatic rings. The van der Waals surface area contributed by atoms with Crippen molar-refractivity contribution in [2.24, 2.45) is 5.73 Å². The van der Waals surface area contributed by atoms with Crippen LogP contribution in [0.25, 0.3) is 0 Å². The minimum Gasteiger partial charge on any atom is -0.491 e. The molecule has 0 bridgehead atoms. The van der Waals surface area contributed by atoms with Gasteiger partial charge in [-0.15, -0.1) is 0 Å². The number of para-hydroxylation sites is 1. The molecule has 0 saturated carbocycles. The van der Waals surface area contributed by atoms with Crippen molar-refractivity contribution in [2.75, 3.05) is 18.1 Å². The minimum atomic E-state index is 0.560. The number of rotatable bonds is 2. The lowest BCUT2D eigenvalue weighted by Crippen LogP contribution is -2.25. The molecular formula is C16H17BrN2O. The normalized spacial score (nSPS) is 14.4. The zero-order valence-corrected chi connectivity index (χ0v) is 12.8. The molecule has 1 heterocycles. The van der Waals surface area contributed by atoms with Crippen molar-refractivity contribution in [3.05, 3.63) is 58.1 Å². The molecule has 0 amide bonds. The second-order valence-electron chi connectivity index (χ2n) is 4.87. The first-order valence-corrected chi connectivity index (χ1v) is 7.51. The molecule has 20 heavy (non-hydrogen) atoms. The predicted molar refractivity (Wildman–Crippen MR) is 85.0 cm³/mol. The van der Waals surface area contributed by atoms with E-state index in [2.05, 4.69) is 51.2 Å². The molecule has 104 valence electrons. The van der Waals surface area contributed by atoms with Gasteiger partial charge in [0.05, 0.1) is 12.2 Å². The van der Waals surface area contributed by atoms with Crippen LogP contribution in [0, 0.1) is 0 Å². The lowest BCUT2D eigenvalue weighted by molar-refractivity contribution is 0.331. The third-order valence-corrected chi connectivity index (χ3v) is 4.18. The second kappa shape index (κ2) is 5.85. The van der Waals surface area contributed by atoms with Crippen LogP contribution in [0.1, 0.15) is 11.1 Å². The van der Waals surface area contributed by atoms with Crippen LogP contribution in [0.2, 0.25) is 0 Å². The molecule has 2 aromatic rings. The largest absolute Gasteiger partial charge is 0.491 e. The molecule has 0 saturated heterocycles. The number of fused-ring (bicyclic) bond motifs is 1. The fourth-order valence-corrected chi connectivity index (χ4v) is 3.14. The molecule has 0 radical (unpaired) electrons. The number of nitrogens with two attached hydrogens (primary N) is 1. The zero-order valence-electron chi connectivity index (χ0n) is 11.2. The molecule has 2 N–H and O–H groups in total. The molecule has 4 heteroatoms. The predicted octanol–water partition coefficient (Wildman–Crippen LogP) is 3.31. The Hall–Kier alpha value is -1.52. The fourth-order valence-electron chi connectivity index (χ4n) is 2.47. The van der Waals surface area contributed by atoms with E-state index in [4.69, 9.17) is 10.5 Å². The quantitative estimate of drug-likeness (QED) is 0.916. The number of halogens is 1. The van der Waals surface area contributed by atoms with Gasteiger partial charge in [-0.25, -0.2) is 0 Å². The van der Waals surface area contributed by atoms with Crippen LogP contribution in [0.5, 0.6) is 5.75 Å². The van der Waals surface area contributed by atoms with Crippen LogP contribution >= 0.6 is 15.9 Å². The van der Waals surface area contributed by atoms with E-state index in [1.807, 2.05) is 12.1 Å². The molecule has 2 aromatic carbocycles. The average molecular weight is 333 g/mol. The van der Waals surface area contributed by atoms with Crippen LogP contribution in [0.15, 0.2) is 46.9 Å². The Bertz CT molecular complexity index is 615. The first-order chi connectivity index (χ1) is 9.78. The van der Waals surface area contributed by atoms with Crippen molar-refractivity contribution in [3.8, 4) is 5.75 Å². The number of anilines is 1. The third kappa shape index (κ3) is 2.67. The lowest BCUT2D eigenvalue weighted by Gasteiger charge is -2.23. The second-order valence-corrected chi connectivity index (χ2v) is 5.72. The summed E-state index contributed by atoms with van der Waals surface area (Å²) in [7, 11) is 0. The molecule has 3 rings (SSSR count). The topological polar surface area (TPSA) is 38.5 Å². The van der Waals surface area contributed by atoms with Gasteiger partial charge in [-0.2, -0.15) is 0 Å². The Morgan fingerprint density at radius 1 is 1.20 bits per heavy atom. The monoisotopic (exact) mass is 332 g/mol. The number of benzene rings is 2. The van der Waals surface area contributed by atoms with Crippen molar-refractivity contribution in [3.63, 3.8) is 0 Å². The standard InChI is InChI=1S/C16H17BrN2O/c17-14-9-12(10-18)5-6-15(14)19-7-8-20-16-4-2-1-3-13(16)11-19/h1-6,9H,7-8,10-11,18H2. The van der Waals surface area contributed by atoms with Gasteiger partial charge in [-0.05, 0) is 39.7 Å². The van der Waals surface area contributed by atoms with E-state index in [1.165, 1.54) is 11.3 Å². The fraction of sp³-hybridized carbons (Fsp3) is 0.250. The first-order valence-electron chi connectivity index (χ1n) is 6.72. The van der Waals surface area contributed by atoms with Crippen molar-refractivity contribution in [2.45, 2.75) is 13.1 Å². The summed E-state index contributed by atoms with van der Waals surface area (Å²) in [6, 6.07) is 14.5. The summed E-state index contributed by atoms with van der Waals surface area (Å²) in [5.74, 6) is 0.990. The Morgan fingerprint density at radius 2 is 2.05 bits per heavy atom. The smallest absolute Gasteiger partial charge is 0.124 e. The van der Waals surface area contributed by atoms with E-state index in [-0.39, 0.29) is 0 Å². The Balaban J connectivity index is 1.91. The van der Waals surface area contributed by atoms with E-state index in [1.54, 1.807) is 0 Å². The average Bonchev–Trinajstić information content (AvgIpc) is 2.69. The van der Waals surface area contributed by atoms with Crippen LogP contribution in [-0.4, -0.2) is 13.2 Å². The molecule has 0 aliphatic carbocycles. The van der Waals surface area contributed by atoms with E-state index < -0.39 is 0 Å². The van der Waals surface area contributed by atoms with Crippen LogP contribution in [0.3, 0.4) is 0 Å². The molecule has 0 spiro atoms. The highest BCUT2D eigenvalue weighted by atomic mass is 79.9. The van der Waals surface area contributed by atoms with Gasteiger partial charge < -0.3 is 15.4 Å². The molecule has 0 aromatic heterocycles. The Kier molecular flexibility index (Phi) is 3.94. The van der Waals surface area contributed by atoms with Gasteiger partial charge in [0, 0.05) is 23.1 Å². The van der Waals surface area contributed by atoms with Crippen LogP contribution in [0.4, 0.5) is 5.69 Å². The minimum absolute atomic E-state index is 0.560. The van der Waals surface area contributed by atoms with Crippen molar-refractivity contribution in [1.29, 1.82) is 0 Å². The maximum absolute atomic E-state index is 5.81. The summed E-state index contributed by atoms with van der Waals surface area (Å²) in [6.45, 7) is 2.99. The SMILES string of the molecule is NCc1ccc(N2CCOc3ccccc3C2)c(Br)c1. The highest BCUT2D eigenvalue weighted by Crippen LogP contribution is 2.31. The van der Waals surface area contributed by atoms with Crippen molar-refractivity contribution in [1.82, 2.24) is 0 Å². The highest BCUT2D eigenvalue weighted by molar-refractivity contribution is 9.10. The van der Waals surface area contributed by atoms with Gasteiger partial charge in [0.25, 0.3) is 0 Å². The molecule has 3 nitrogen and oxygen atoms in total. The number of nitrogens with zero attached hydrogens (tertiary/aromatic N) is 1. The third-order valence-electron chi connectivity index (χ3n) is 3.54. The van der Waals surface area contributed by atoms with E-state index in [0.29, 0.717) is 13.2 Å². The molecule has 0 fully saturated rings. The zero-order chi connectivity index (χ0) is 13.9. The Morgan fingerprint density at radius 3 is 2.85 bits per heavy atom. The lowest BCUT2D eigenvalue weighted by atomic mass is 10.1. The van der Waals surface area contributed by atoms with Gasteiger partial charge in [0.2, 0.25) is 0 Å². The number of ether oxygens (including phenoxy) is 1. The van der Waals surface area contributed by atoms with Crippen molar-refractivity contribution < 1.29 is 4.74 Å². The van der Waals surface area contributed by atoms with E-state index >= 15 is 0 Å². The van der Waals surface area contributed by atoms with Gasteiger partial charge in [0.1, 0.15) is 12.4 Å². The number of hydrogen-bond acceptors (Lipinski definition) is 3. The van der Waals surface area contributed by atoms with Crippen molar-refractivity contribution >= 4 is 21.6 Å². The Labute approximate surface area is 127 Å². The molecule has 0 unspecified atom stereocenters. The molecular weight excluding hydrogens is 316 g/mol. The van der Waals surface area contributed by atoms with Crippen LogP contribution in [-0.2, 0) is 13.1 Å². The summed E-state index contributed by atoms with van der Waals surface area (Å²) in [4.78, 5) is 2.33. The van der Waals surface area contributed by atoms with Crippen LogP contribution < -0.4 is 15.4 Å². The number of hydrogen-bond donors (Lipinski definition) is 1. The van der Waals surface area contributed by atoms with Gasteiger partial charge >= 0.3 is 0 Å². The first kappa shape index (κ1) is 13.5. The van der Waals surface area contributed by atoms with Gasteiger partial charge in [0.15, 0.2) is 0 Å². The molecule has 0 atom stereocenters. The summed E-state index contributed by atoms with van der Waals surface area (Å²) >= 11 is 3.65. The summed E-state index contributed by atoms with van der Waals surface area (Å²) in [6.07, 6.45) is 0. The highest BCUT2D eigenvalue weighted by Gasteiger charge is 2.17. The van der Waals surface area contributed by atoms with Gasteiger partial charge in [-0.1, -0.05) is 24.3 Å².